The number of fused-ring (bicyclic) bond motifs is 2. The number of hydrogen-bond acceptors (Lipinski definition) is 5. The Hall–Kier alpha value is -3.69. The van der Waals surface area contributed by atoms with E-state index in [2.05, 4.69) is 20.3 Å². The highest BCUT2D eigenvalue weighted by Crippen LogP contribution is 2.32. The molecule has 4 heterocycles. The number of pyridine rings is 1. The lowest BCUT2D eigenvalue weighted by Gasteiger charge is -2.13. The highest BCUT2D eigenvalue weighted by atomic mass is 19.4. The molecule has 0 atom stereocenters. The Labute approximate surface area is 179 Å². The average Bonchev–Trinajstić information content (AvgIpc) is 3.38. The fraction of sp³-hybridized carbons (Fsp3) is 0.227. The molecule has 164 valence electrons. The number of nitrogens with zero attached hydrogens (tertiary/aromatic N) is 4. The maximum Gasteiger partial charge on any atom is 0.433 e. The number of aromatic nitrogens is 4. The molecule has 6 nitrogen and oxygen atoms in total. The lowest BCUT2D eigenvalue weighted by atomic mass is 10.0. The smallest absolute Gasteiger partial charge is 0.433 e. The molecule has 3 aromatic heterocycles. The molecule has 0 amide bonds. The van der Waals surface area contributed by atoms with E-state index in [1.807, 2.05) is 0 Å². The second-order valence-electron chi connectivity index (χ2n) is 7.46. The van der Waals surface area contributed by atoms with Crippen LogP contribution in [-0.2, 0) is 19.1 Å². The third-order valence-corrected chi connectivity index (χ3v) is 5.34. The summed E-state index contributed by atoms with van der Waals surface area (Å²) >= 11 is 0. The van der Waals surface area contributed by atoms with Crippen LogP contribution in [-0.4, -0.2) is 26.0 Å². The first-order chi connectivity index (χ1) is 15.3. The van der Waals surface area contributed by atoms with Crippen LogP contribution in [0.5, 0.6) is 5.75 Å². The molecule has 1 aromatic carbocycles. The van der Waals surface area contributed by atoms with E-state index >= 15 is 0 Å². The number of aryl methyl sites for hydroxylation is 1. The third kappa shape index (κ3) is 3.51. The van der Waals surface area contributed by atoms with Crippen molar-refractivity contribution in [1.82, 2.24) is 19.4 Å². The summed E-state index contributed by atoms with van der Waals surface area (Å²) in [5, 5.41) is 3.15. The molecule has 0 fully saturated rings. The van der Waals surface area contributed by atoms with Crippen LogP contribution in [0.2, 0.25) is 0 Å². The van der Waals surface area contributed by atoms with Crippen molar-refractivity contribution in [3.8, 4) is 16.9 Å². The van der Waals surface area contributed by atoms with Crippen molar-refractivity contribution in [3.63, 3.8) is 0 Å². The van der Waals surface area contributed by atoms with Crippen LogP contribution in [0.15, 0.2) is 42.9 Å². The van der Waals surface area contributed by atoms with Gasteiger partial charge in [-0.3, -0.25) is 9.38 Å². The molecule has 5 rings (SSSR count). The van der Waals surface area contributed by atoms with E-state index in [-0.39, 0.29) is 12.4 Å². The quantitative estimate of drug-likeness (QED) is 0.459. The molecular weight excluding hydrogens is 426 g/mol. The van der Waals surface area contributed by atoms with Gasteiger partial charge in [0.1, 0.15) is 22.9 Å². The van der Waals surface area contributed by atoms with E-state index in [1.54, 1.807) is 23.6 Å². The van der Waals surface area contributed by atoms with Gasteiger partial charge in [-0.2, -0.15) is 13.2 Å². The van der Waals surface area contributed by atoms with Crippen LogP contribution in [0.25, 0.3) is 16.8 Å². The molecule has 1 aliphatic rings. The molecule has 1 aliphatic heterocycles. The van der Waals surface area contributed by atoms with Crippen molar-refractivity contribution < 1.29 is 22.3 Å². The van der Waals surface area contributed by atoms with Gasteiger partial charge in [0.15, 0.2) is 0 Å². The Morgan fingerprint density at radius 3 is 2.72 bits per heavy atom. The zero-order valence-corrected chi connectivity index (χ0v) is 16.9. The summed E-state index contributed by atoms with van der Waals surface area (Å²) in [6, 6.07) is 5.28. The minimum absolute atomic E-state index is 0.193. The SMILES string of the molecule is Cc1cn2c(NCc3c(F)ccc4c3CCO4)ncc(-c3ccc(C(F)(F)F)nc3)c2n1. The van der Waals surface area contributed by atoms with Gasteiger partial charge in [0.25, 0.3) is 0 Å². The highest BCUT2D eigenvalue weighted by Gasteiger charge is 2.32. The van der Waals surface area contributed by atoms with E-state index in [0.717, 1.165) is 17.8 Å². The minimum atomic E-state index is -4.51. The number of rotatable bonds is 4. The van der Waals surface area contributed by atoms with Crippen LogP contribution >= 0.6 is 0 Å². The molecule has 0 saturated heterocycles. The van der Waals surface area contributed by atoms with Crippen LogP contribution in [0.1, 0.15) is 22.5 Å². The van der Waals surface area contributed by atoms with Gasteiger partial charge in [0, 0.05) is 53.8 Å². The van der Waals surface area contributed by atoms with Crippen LogP contribution in [0.4, 0.5) is 23.5 Å². The van der Waals surface area contributed by atoms with E-state index < -0.39 is 11.9 Å². The standard InChI is InChI=1S/C22H17F4N5O/c1-12-11-31-20(30-12)15(13-2-5-19(27-8-13)22(24,25)26)9-28-21(31)29-10-16-14-6-7-32-18(14)4-3-17(16)23/h2-5,8-9,11H,6-7,10H2,1H3,(H,28,29). The van der Waals surface area contributed by atoms with E-state index in [0.29, 0.717) is 52.8 Å². The molecule has 32 heavy (non-hydrogen) atoms. The fourth-order valence-corrected chi connectivity index (χ4v) is 3.82. The number of nitrogens with one attached hydrogen (secondary N) is 1. The molecular formula is C22H17F4N5O. The Bertz CT molecular complexity index is 1310. The van der Waals surface area contributed by atoms with Gasteiger partial charge in [-0.05, 0) is 25.1 Å². The van der Waals surface area contributed by atoms with Gasteiger partial charge in [-0.15, -0.1) is 0 Å². The molecule has 0 radical (unpaired) electrons. The van der Waals surface area contributed by atoms with Crippen LogP contribution in [0.3, 0.4) is 0 Å². The summed E-state index contributed by atoms with van der Waals surface area (Å²) in [7, 11) is 0. The molecule has 10 heteroatoms. The summed E-state index contributed by atoms with van der Waals surface area (Å²) in [6.07, 6.45) is 0.544. The first-order valence-corrected chi connectivity index (χ1v) is 9.86. The predicted molar refractivity (Wildman–Crippen MR) is 109 cm³/mol. The van der Waals surface area contributed by atoms with Crippen molar-refractivity contribution in [2.45, 2.75) is 26.1 Å². The van der Waals surface area contributed by atoms with Crippen molar-refractivity contribution in [3.05, 3.63) is 71.2 Å². The largest absolute Gasteiger partial charge is 0.493 e. The normalized spacial score (nSPS) is 13.3. The number of hydrogen-bond donors (Lipinski definition) is 1. The Balaban J connectivity index is 1.49. The van der Waals surface area contributed by atoms with Gasteiger partial charge in [0.05, 0.1) is 12.3 Å². The topological polar surface area (TPSA) is 64.3 Å². The lowest BCUT2D eigenvalue weighted by Crippen LogP contribution is -2.10. The highest BCUT2D eigenvalue weighted by molar-refractivity contribution is 5.77. The molecule has 1 N–H and O–H groups in total. The summed E-state index contributed by atoms with van der Waals surface area (Å²) in [6.45, 7) is 2.51. The Morgan fingerprint density at radius 2 is 1.97 bits per heavy atom. The predicted octanol–water partition coefficient (Wildman–Crippen LogP) is 4.80. The number of anilines is 1. The van der Waals surface area contributed by atoms with Crippen molar-refractivity contribution in [1.29, 1.82) is 0 Å². The van der Waals surface area contributed by atoms with Crippen molar-refractivity contribution in [2.24, 2.45) is 0 Å². The molecule has 0 saturated carbocycles. The number of ether oxygens (including phenoxy) is 1. The third-order valence-electron chi connectivity index (χ3n) is 5.34. The monoisotopic (exact) mass is 443 g/mol. The average molecular weight is 443 g/mol. The van der Waals surface area contributed by atoms with E-state index in [4.69, 9.17) is 4.74 Å². The zero-order valence-electron chi connectivity index (χ0n) is 16.9. The van der Waals surface area contributed by atoms with E-state index in [1.165, 1.54) is 18.3 Å². The molecule has 0 aliphatic carbocycles. The number of alkyl halides is 3. The fourth-order valence-electron chi connectivity index (χ4n) is 3.82. The Morgan fingerprint density at radius 1 is 1.12 bits per heavy atom. The summed E-state index contributed by atoms with van der Waals surface area (Å²) < 4.78 is 60.2. The van der Waals surface area contributed by atoms with Gasteiger partial charge < -0.3 is 10.1 Å². The summed E-state index contributed by atoms with van der Waals surface area (Å²) in [4.78, 5) is 12.4. The number of benzene rings is 1. The maximum atomic E-state index is 14.4. The van der Waals surface area contributed by atoms with Crippen molar-refractivity contribution >= 4 is 11.6 Å². The first kappa shape index (κ1) is 20.2. The maximum absolute atomic E-state index is 14.4. The minimum Gasteiger partial charge on any atom is -0.493 e. The zero-order chi connectivity index (χ0) is 22.5. The van der Waals surface area contributed by atoms with Gasteiger partial charge in [0.2, 0.25) is 5.95 Å². The summed E-state index contributed by atoms with van der Waals surface area (Å²) in [5.41, 5.74) is 2.57. The number of imidazole rings is 1. The van der Waals surface area contributed by atoms with E-state index in [9.17, 15) is 17.6 Å². The lowest BCUT2D eigenvalue weighted by molar-refractivity contribution is -0.141. The molecule has 0 unspecified atom stereocenters. The molecule has 0 spiro atoms. The summed E-state index contributed by atoms with van der Waals surface area (Å²) in [5.74, 6) is 0.789. The van der Waals surface area contributed by atoms with Crippen LogP contribution in [0, 0.1) is 12.7 Å². The second-order valence-corrected chi connectivity index (χ2v) is 7.46. The molecule has 0 bridgehead atoms. The van der Waals surface area contributed by atoms with Crippen LogP contribution < -0.4 is 10.1 Å². The first-order valence-electron chi connectivity index (χ1n) is 9.86. The Kier molecular flexibility index (Phi) is 4.72. The molecule has 4 aromatic rings. The van der Waals surface area contributed by atoms with Crippen molar-refractivity contribution in [2.75, 3.05) is 11.9 Å². The second kappa shape index (κ2) is 7.47. The number of halogens is 4. The van der Waals surface area contributed by atoms with Gasteiger partial charge in [-0.1, -0.05) is 6.07 Å². The van der Waals surface area contributed by atoms with Gasteiger partial charge >= 0.3 is 6.18 Å². The van der Waals surface area contributed by atoms with Gasteiger partial charge in [-0.25, -0.2) is 14.4 Å².